The molecule has 17 heteroatoms. The molecule has 0 spiro atoms. The highest BCUT2D eigenvalue weighted by Gasteiger charge is 2.64. The molecule has 1 fully saturated rings. The van der Waals surface area contributed by atoms with E-state index < -0.39 is 59.8 Å². The standard InChI is InChI=1S/C35H34ClF5N8O3/c1-32(2,3)17-34(21-8-5-19(6-9-21)28-43-13-4-14-44-28)29(50)49(30(42)47-34)24(16-52-31(51)48-33(11-12-33)35(39,40)41)20-7-10-23(36)22(15-20)25-26(27(37)38)46-18-45-25/h4-10,13-15,18,24,26-27H,11-12,16-17H2,1-3H3,(H2,42,47)(H,48,51)/t24-,26?,34-/m1/s1. The summed E-state index contributed by atoms with van der Waals surface area (Å²) in [6.45, 7) is 5.05. The molecular formula is C35H34ClF5N8O3. The molecule has 3 heterocycles. The van der Waals surface area contributed by atoms with Crippen LogP contribution in [0, 0.1) is 5.41 Å². The van der Waals surface area contributed by atoms with E-state index in [1.54, 1.807) is 42.7 Å². The first-order valence-electron chi connectivity index (χ1n) is 16.2. The van der Waals surface area contributed by atoms with E-state index in [0.717, 1.165) is 11.2 Å². The van der Waals surface area contributed by atoms with Gasteiger partial charge in [-0.1, -0.05) is 62.7 Å². The van der Waals surface area contributed by atoms with Gasteiger partial charge in [-0.3, -0.25) is 14.7 Å². The van der Waals surface area contributed by atoms with Gasteiger partial charge in [-0.2, -0.15) is 13.2 Å². The summed E-state index contributed by atoms with van der Waals surface area (Å²) in [7, 11) is 0. The lowest BCUT2D eigenvalue weighted by atomic mass is 9.75. The average Bonchev–Trinajstić information content (AvgIpc) is 3.63. The second kappa shape index (κ2) is 13.5. The second-order valence-electron chi connectivity index (χ2n) is 14.0. The van der Waals surface area contributed by atoms with E-state index in [-0.39, 0.29) is 47.1 Å². The average molecular weight is 745 g/mol. The Bertz CT molecular complexity index is 1950. The third kappa shape index (κ3) is 7.07. The number of hydrogen-bond donors (Lipinski definition) is 2. The number of nitrogens with one attached hydrogen (secondary N) is 1. The van der Waals surface area contributed by atoms with Crippen molar-refractivity contribution in [2.45, 2.75) is 75.8 Å². The number of nitrogens with two attached hydrogens (primary N) is 1. The van der Waals surface area contributed by atoms with Gasteiger partial charge >= 0.3 is 12.3 Å². The second-order valence-corrected chi connectivity index (χ2v) is 14.4. The molecule has 2 aliphatic heterocycles. The van der Waals surface area contributed by atoms with Crippen LogP contribution < -0.4 is 11.1 Å². The molecule has 0 radical (unpaired) electrons. The minimum Gasteiger partial charge on any atom is -0.447 e. The van der Waals surface area contributed by atoms with Crippen molar-refractivity contribution in [1.29, 1.82) is 0 Å². The summed E-state index contributed by atoms with van der Waals surface area (Å²) in [5, 5.41) is 1.94. The van der Waals surface area contributed by atoms with Crippen molar-refractivity contribution < 1.29 is 36.3 Å². The Morgan fingerprint density at radius 2 is 1.77 bits per heavy atom. The van der Waals surface area contributed by atoms with E-state index in [4.69, 9.17) is 27.1 Å². The smallest absolute Gasteiger partial charge is 0.411 e. The zero-order valence-electron chi connectivity index (χ0n) is 28.2. The highest BCUT2D eigenvalue weighted by molar-refractivity contribution is 6.35. The van der Waals surface area contributed by atoms with E-state index in [1.807, 2.05) is 26.1 Å². The molecular weight excluding hydrogens is 711 g/mol. The molecule has 2 aromatic carbocycles. The Kier molecular flexibility index (Phi) is 9.57. The summed E-state index contributed by atoms with van der Waals surface area (Å²) < 4.78 is 74.0. The van der Waals surface area contributed by atoms with Crippen LogP contribution >= 0.6 is 11.6 Å². The minimum absolute atomic E-state index is 0.0378. The van der Waals surface area contributed by atoms with Crippen molar-refractivity contribution in [3.05, 3.63) is 82.6 Å². The summed E-state index contributed by atoms with van der Waals surface area (Å²) in [5.41, 5.74) is 3.31. The molecule has 274 valence electrons. The van der Waals surface area contributed by atoms with Gasteiger partial charge in [-0.25, -0.2) is 33.5 Å². The summed E-state index contributed by atoms with van der Waals surface area (Å²) in [6.07, 6.45) is -5.30. The SMILES string of the molecule is CC(C)(C)C[C@]1(c2ccc(-c3ncccn3)cc2)N=C(N)N([C@H](COC(=O)NC2(C(F)(F)F)CC2)c2ccc(Cl)c(C3=NC=NC3C(F)F)c2)C1=O. The predicted molar refractivity (Wildman–Crippen MR) is 183 cm³/mol. The number of carbonyl (C=O) groups is 2. The van der Waals surface area contributed by atoms with E-state index in [2.05, 4.69) is 20.0 Å². The number of rotatable bonds is 10. The molecule has 1 aromatic heterocycles. The van der Waals surface area contributed by atoms with Crippen LogP contribution in [0.4, 0.5) is 26.7 Å². The van der Waals surface area contributed by atoms with Crippen molar-refractivity contribution in [3.8, 4) is 11.4 Å². The Balaban J connectivity index is 1.40. The van der Waals surface area contributed by atoms with Crippen LogP contribution in [-0.4, -0.2) is 75.7 Å². The van der Waals surface area contributed by atoms with Gasteiger partial charge < -0.3 is 15.8 Å². The van der Waals surface area contributed by atoms with Crippen LogP contribution in [0.25, 0.3) is 11.4 Å². The first kappa shape index (κ1) is 36.8. The number of carbonyl (C=O) groups excluding carboxylic acids is 2. The molecule has 3 atom stereocenters. The number of halogens is 6. The molecule has 52 heavy (non-hydrogen) atoms. The first-order valence-corrected chi connectivity index (χ1v) is 16.6. The van der Waals surface area contributed by atoms with Crippen LogP contribution in [-0.2, 0) is 15.1 Å². The highest BCUT2D eigenvalue weighted by Crippen LogP contribution is 2.49. The molecule has 0 saturated heterocycles. The molecule has 11 nitrogen and oxygen atoms in total. The lowest BCUT2D eigenvalue weighted by molar-refractivity contribution is -0.164. The number of alkyl carbamates (subject to hydrolysis) is 1. The van der Waals surface area contributed by atoms with Crippen molar-refractivity contribution >= 4 is 41.6 Å². The Morgan fingerprint density at radius 1 is 1.10 bits per heavy atom. The van der Waals surface area contributed by atoms with Gasteiger partial charge in [0.15, 0.2) is 23.4 Å². The Labute approximate surface area is 300 Å². The molecule has 1 saturated carbocycles. The number of ether oxygens (including phenoxy) is 1. The van der Waals surface area contributed by atoms with E-state index in [0.29, 0.717) is 17.0 Å². The normalized spacial score (nSPS) is 21.6. The van der Waals surface area contributed by atoms with Crippen LogP contribution in [0.1, 0.15) is 62.8 Å². The van der Waals surface area contributed by atoms with Gasteiger partial charge in [0.1, 0.15) is 18.5 Å². The summed E-state index contributed by atoms with van der Waals surface area (Å²) in [5.74, 6) is -0.425. The van der Waals surface area contributed by atoms with Gasteiger partial charge in [0, 0.05) is 28.5 Å². The maximum Gasteiger partial charge on any atom is 0.411 e. The van der Waals surface area contributed by atoms with E-state index in [1.165, 1.54) is 18.2 Å². The number of alkyl halides is 5. The fourth-order valence-corrected chi connectivity index (χ4v) is 6.62. The molecule has 2 amide bonds. The molecule has 3 aromatic rings. The zero-order valence-corrected chi connectivity index (χ0v) is 28.9. The van der Waals surface area contributed by atoms with Crippen molar-refractivity contribution in [2.24, 2.45) is 26.1 Å². The molecule has 0 bridgehead atoms. The maximum atomic E-state index is 14.9. The monoisotopic (exact) mass is 744 g/mol. The number of hydrogen-bond acceptors (Lipinski definition) is 9. The predicted octanol–water partition coefficient (Wildman–Crippen LogP) is 6.61. The van der Waals surface area contributed by atoms with Crippen molar-refractivity contribution in [3.63, 3.8) is 0 Å². The molecule has 1 unspecified atom stereocenters. The van der Waals surface area contributed by atoms with E-state index >= 15 is 0 Å². The van der Waals surface area contributed by atoms with Gasteiger partial charge in [-0.15, -0.1) is 0 Å². The fourth-order valence-electron chi connectivity index (χ4n) is 6.40. The number of aromatic nitrogens is 2. The highest BCUT2D eigenvalue weighted by atomic mass is 35.5. The number of amides is 2. The molecule has 6 rings (SSSR count). The maximum absolute atomic E-state index is 14.9. The minimum atomic E-state index is -4.71. The summed E-state index contributed by atoms with van der Waals surface area (Å²) in [6, 6.07) is 9.90. The lowest BCUT2D eigenvalue weighted by Crippen LogP contribution is -2.50. The topological polar surface area (TPSA) is 148 Å². The molecule has 3 aliphatic rings. The van der Waals surface area contributed by atoms with Gasteiger partial charge in [0.25, 0.3) is 12.3 Å². The van der Waals surface area contributed by atoms with Gasteiger partial charge in [-0.05, 0) is 54.0 Å². The first-order chi connectivity index (χ1) is 24.4. The number of aliphatic imine (C=N–C) groups is 3. The molecule has 1 aliphatic carbocycles. The Morgan fingerprint density at radius 3 is 2.37 bits per heavy atom. The van der Waals surface area contributed by atoms with Gasteiger partial charge in [0.05, 0.1) is 11.8 Å². The Hall–Kier alpha value is -4.99. The fraction of sp³-hybridized carbons (Fsp3) is 0.400. The number of benzene rings is 2. The number of guanidine groups is 1. The van der Waals surface area contributed by atoms with Crippen molar-refractivity contribution in [1.82, 2.24) is 20.2 Å². The van der Waals surface area contributed by atoms with Gasteiger partial charge in [0.2, 0.25) is 0 Å². The zero-order chi connectivity index (χ0) is 37.6. The summed E-state index contributed by atoms with van der Waals surface area (Å²) >= 11 is 6.45. The van der Waals surface area contributed by atoms with Crippen LogP contribution in [0.3, 0.4) is 0 Å². The summed E-state index contributed by atoms with van der Waals surface area (Å²) in [4.78, 5) is 49.8. The lowest BCUT2D eigenvalue weighted by Gasteiger charge is -2.35. The van der Waals surface area contributed by atoms with E-state index in [9.17, 15) is 31.5 Å². The van der Waals surface area contributed by atoms with Crippen LogP contribution in [0.5, 0.6) is 0 Å². The van der Waals surface area contributed by atoms with Crippen LogP contribution in [0.2, 0.25) is 5.02 Å². The largest absolute Gasteiger partial charge is 0.447 e. The van der Waals surface area contributed by atoms with Crippen molar-refractivity contribution in [2.75, 3.05) is 6.61 Å². The third-order valence-electron chi connectivity index (χ3n) is 9.01. The number of nitrogens with zero attached hydrogens (tertiary/aromatic N) is 6. The third-order valence-corrected chi connectivity index (χ3v) is 9.34. The van der Waals surface area contributed by atoms with Crippen LogP contribution in [0.15, 0.2) is 75.9 Å². The quantitative estimate of drug-likeness (QED) is 0.223. The molecule has 3 N–H and O–H groups in total.